The van der Waals surface area contributed by atoms with Crippen molar-refractivity contribution in [2.24, 2.45) is 0 Å². The summed E-state index contributed by atoms with van der Waals surface area (Å²) < 4.78 is 51.9. The van der Waals surface area contributed by atoms with Crippen LogP contribution in [0.5, 0.6) is 11.5 Å². The monoisotopic (exact) mass is 444 g/mol. The maximum atomic E-state index is 14.5. The number of carbonyl (C=O) groups excluding carboxylic acids is 1. The van der Waals surface area contributed by atoms with Crippen molar-refractivity contribution in [1.82, 2.24) is 0 Å². The first kappa shape index (κ1) is 22.1. The quantitative estimate of drug-likeness (QED) is 0.573. The largest absolute Gasteiger partial charge is 0.497 e. The lowest BCUT2D eigenvalue weighted by molar-refractivity contribution is -0.114. The average Bonchev–Trinajstić information content (AvgIpc) is 2.78. The van der Waals surface area contributed by atoms with E-state index in [0.29, 0.717) is 17.2 Å². The molecule has 9 heteroatoms. The van der Waals surface area contributed by atoms with Gasteiger partial charge in [-0.2, -0.15) is 0 Å². The van der Waals surface area contributed by atoms with Crippen LogP contribution in [0.15, 0.2) is 77.7 Å². The Labute approximate surface area is 180 Å². The van der Waals surface area contributed by atoms with Gasteiger partial charge in [0.25, 0.3) is 10.0 Å². The zero-order valence-corrected chi connectivity index (χ0v) is 17.7. The minimum Gasteiger partial charge on any atom is -0.497 e. The van der Waals surface area contributed by atoms with E-state index in [0.717, 1.165) is 10.4 Å². The predicted octanol–water partition coefficient (Wildman–Crippen LogP) is 3.68. The van der Waals surface area contributed by atoms with E-state index in [2.05, 4.69) is 5.32 Å². The van der Waals surface area contributed by atoms with E-state index in [9.17, 15) is 17.6 Å². The van der Waals surface area contributed by atoms with Crippen LogP contribution in [0.1, 0.15) is 0 Å². The van der Waals surface area contributed by atoms with Gasteiger partial charge < -0.3 is 14.8 Å². The number of hydrogen-bond donors (Lipinski definition) is 1. The smallest absolute Gasteiger partial charge is 0.264 e. The first-order valence-corrected chi connectivity index (χ1v) is 10.6. The number of amides is 1. The fourth-order valence-corrected chi connectivity index (χ4v) is 4.26. The van der Waals surface area contributed by atoms with Crippen LogP contribution in [0.25, 0.3) is 0 Å². The van der Waals surface area contributed by atoms with Crippen molar-refractivity contribution >= 4 is 27.3 Å². The molecule has 3 aromatic rings. The normalized spacial score (nSPS) is 10.9. The Morgan fingerprint density at radius 3 is 2.00 bits per heavy atom. The summed E-state index contributed by atoms with van der Waals surface area (Å²) in [5.74, 6) is -0.330. The van der Waals surface area contributed by atoms with Crippen LogP contribution in [0.4, 0.5) is 15.8 Å². The lowest BCUT2D eigenvalue weighted by atomic mass is 10.3. The van der Waals surface area contributed by atoms with Crippen LogP contribution in [-0.2, 0) is 14.8 Å². The van der Waals surface area contributed by atoms with Crippen LogP contribution in [0.2, 0.25) is 0 Å². The molecule has 0 aromatic heterocycles. The van der Waals surface area contributed by atoms with Gasteiger partial charge in [0.05, 0.1) is 24.8 Å². The van der Waals surface area contributed by atoms with Crippen molar-refractivity contribution < 1.29 is 27.1 Å². The van der Waals surface area contributed by atoms with Gasteiger partial charge in [0, 0.05) is 5.69 Å². The molecule has 3 rings (SSSR count). The minimum atomic E-state index is -4.24. The van der Waals surface area contributed by atoms with E-state index in [4.69, 9.17) is 9.47 Å². The Bertz CT molecular complexity index is 1150. The average molecular weight is 444 g/mol. The van der Waals surface area contributed by atoms with Gasteiger partial charge in [0.1, 0.15) is 23.9 Å². The van der Waals surface area contributed by atoms with Crippen LogP contribution in [0, 0.1) is 5.82 Å². The Morgan fingerprint density at radius 1 is 0.903 bits per heavy atom. The molecule has 0 saturated heterocycles. The molecule has 0 saturated carbocycles. The summed E-state index contributed by atoms with van der Waals surface area (Å²) >= 11 is 0. The number of carbonyl (C=O) groups is 1. The number of methoxy groups -OCH3 is 2. The number of hydrogen-bond acceptors (Lipinski definition) is 5. The third-order valence-electron chi connectivity index (χ3n) is 4.43. The molecular formula is C22H21FN2O5S. The van der Waals surface area contributed by atoms with Gasteiger partial charge in [-0.15, -0.1) is 0 Å². The minimum absolute atomic E-state index is 0.103. The molecule has 0 bridgehead atoms. The molecular weight excluding hydrogens is 423 g/mol. The molecule has 0 radical (unpaired) electrons. The van der Waals surface area contributed by atoms with Crippen molar-refractivity contribution in [3.63, 3.8) is 0 Å². The second-order valence-electron chi connectivity index (χ2n) is 6.42. The molecule has 1 amide bonds. The molecule has 0 fully saturated rings. The van der Waals surface area contributed by atoms with E-state index < -0.39 is 28.3 Å². The number of para-hydroxylation sites is 1. The number of nitrogens with zero attached hydrogens (tertiary/aromatic N) is 1. The third kappa shape index (κ3) is 5.13. The Kier molecular flexibility index (Phi) is 6.76. The molecule has 3 aromatic carbocycles. The third-order valence-corrected chi connectivity index (χ3v) is 6.20. The van der Waals surface area contributed by atoms with Crippen molar-refractivity contribution in [3.05, 3.63) is 78.6 Å². The topological polar surface area (TPSA) is 84.9 Å². The molecule has 0 unspecified atom stereocenters. The molecule has 31 heavy (non-hydrogen) atoms. The summed E-state index contributed by atoms with van der Waals surface area (Å²) in [6, 6.07) is 17.5. The van der Waals surface area contributed by atoms with E-state index in [1.807, 2.05) is 0 Å². The Morgan fingerprint density at radius 2 is 1.45 bits per heavy atom. The van der Waals surface area contributed by atoms with Gasteiger partial charge >= 0.3 is 0 Å². The molecule has 162 valence electrons. The molecule has 1 N–H and O–H groups in total. The lowest BCUT2D eigenvalue weighted by Crippen LogP contribution is -2.38. The van der Waals surface area contributed by atoms with Gasteiger partial charge in [-0.1, -0.05) is 12.1 Å². The maximum Gasteiger partial charge on any atom is 0.264 e. The van der Waals surface area contributed by atoms with Gasteiger partial charge in [0.2, 0.25) is 5.91 Å². The molecule has 7 nitrogen and oxygen atoms in total. The molecule has 0 spiro atoms. The van der Waals surface area contributed by atoms with E-state index in [1.165, 1.54) is 56.7 Å². The van der Waals surface area contributed by atoms with E-state index >= 15 is 0 Å². The first-order valence-electron chi connectivity index (χ1n) is 9.20. The fourth-order valence-electron chi connectivity index (χ4n) is 2.83. The van der Waals surface area contributed by atoms with E-state index in [1.54, 1.807) is 24.3 Å². The SMILES string of the molecule is COc1ccc(NC(=O)CN(c2ccccc2F)S(=O)(=O)c2ccc(OC)cc2)cc1. The fraction of sp³-hybridized carbons (Fsp3) is 0.136. The highest BCUT2D eigenvalue weighted by molar-refractivity contribution is 7.92. The number of rotatable bonds is 8. The summed E-state index contributed by atoms with van der Waals surface area (Å²) in [7, 11) is -1.27. The summed E-state index contributed by atoms with van der Waals surface area (Å²) in [5, 5.41) is 2.61. The number of halogens is 1. The van der Waals surface area contributed by atoms with Gasteiger partial charge in [-0.05, 0) is 60.7 Å². The van der Waals surface area contributed by atoms with Gasteiger partial charge in [-0.3, -0.25) is 9.10 Å². The number of ether oxygens (including phenoxy) is 2. The first-order chi connectivity index (χ1) is 14.8. The van der Waals surface area contributed by atoms with Crippen LogP contribution >= 0.6 is 0 Å². The van der Waals surface area contributed by atoms with Gasteiger partial charge in [0.15, 0.2) is 0 Å². The number of benzene rings is 3. The van der Waals surface area contributed by atoms with Crippen LogP contribution in [0.3, 0.4) is 0 Å². The van der Waals surface area contributed by atoms with Crippen molar-refractivity contribution in [1.29, 1.82) is 0 Å². The number of sulfonamides is 1. The summed E-state index contributed by atoms with van der Waals surface area (Å²) in [6.07, 6.45) is 0. The number of nitrogens with one attached hydrogen (secondary N) is 1. The molecule has 0 atom stereocenters. The molecule has 0 heterocycles. The highest BCUT2D eigenvalue weighted by atomic mass is 32.2. The second-order valence-corrected chi connectivity index (χ2v) is 8.28. The molecule has 0 aliphatic heterocycles. The highest BCUT2D eigenvalue weighted by Crippen LogP contribution is 2.27. The highest BCUT2D eigenvalue weighted by Gasteiger charge is 2.29. The van der Waals surface area contributed by atoms with E-state index in [-0.39, 0.29) is 10.6 Å². The Hall–Kier alpha value is -3.59. The van der Waals surface area contributed by atoms with Gasteiger partial charge in [-0.25, -0.2) is 12.8 Å². The number of anilines is 2. The summed E-state index contributed by atoms with van der Waals surface area (Å²) in [6.45, 7) is -0.624. The molecule has 0 aliphatic carbocycles. The summed E-state index contributed by atoms with van der Waals surface area (Å²) in [5.41, 5.74) is 0.212. The predicted molar refractivity (Wildman–Crippen MR) is 116 cm³/mol. The zero-order chi connectivity index (χ0) is 22.4. The zero-order valence-electron chi connectivity index (χ0n) is 16.9. The van der Waals surface area contributed by atoms with Crippen molar-refractivity contribution in [2.75, 3.05) is 30.4 Å². The summed E-state index contributed by atoms with van der Waals surface area (Å²) in [4.78, 5) is 12.5. The maximum absolute atomic E-state index is 14.5. The molecule has 0 aliphatic rings. The van der Waals surface area contributed by atoms with Crippen molar-refractivity contribution in [3.8, 4) is 11.5 Å². The lowest BCUT2D eigenvalue weighted by Gasteiger charge is -2.24. The van der Waals surface area contributed by atoms with Crippen LogP contribution in [-0.4, -0.2) is 35.1 Å². The standard InChI is InChI=1S/C22H21FN2O5S/c1-29-17-9-7-16(8-10-17)24-22(26)15-25(21-6-4-3-5-20(21)23)31(27,28)19-13-11-18(30-2)12-14-19/h3-14H,15H2,1-2H3,(H,24,26). The Balaban J connectivity index is 1.92. The second kappa shape index (κ2) is 9.48. The van der Waals surface area contributed by atoms with Crippen LogP contribution < -0.4 is 19.1 Å². The van der Waals surface area contributed by atoms with Crippen molar-refractivity contribution in [2.45, 2.75) is 4.90 Å².